The Kier molecular flexibility index (Phi) is 6.09. The number of amides is 2. The van der Waals surface area contributed by atoms with E-state index in [1.807, 2.05) is 6.08 Å². The van der Waals surface area contributed by atoms with Crippen LogP contribution in [-0.2, 0) is 24.0 Å². The molecule has 3 aliphatic carbocycles. The molecule has 0 saturated carbocycles. The zero-order valence-electron chi connectivity index (χ0n) is 20.5. The summed E-state index contributed by atoms with van der Waals surface area (Å²) in [4.78, 5) is 65.4. The molecule has 9 nitrogen and oxygen atoms in total. The number of phenols is 1. The summed E-state index contributed by atoms with van der Waals surface area (Å²) in [6, 6.07) is 4.76. The SMILES string of the molecule is COc1cccc(O)c1C1C2=CCC3C(=O)N(CCCC(=O)O)C(=O)C3C2CC2=C1C(=O)C=C(C)C2=O. The molecule has 2 amide bonds. The van der Waals surface area contributed by atoms with Crippen molar-refractivity contribution in [2.75, 3.05) is 13.7 Å². The highest BCUT2D eigenvalue weighted by Crippen LogP contribution is 2.57. The summed E-state index contributed by atoms with van der Waals surface area (Å²) >= 11 is 0. The summed E-state index contributed by atoms with van der Waals surface area (Å²) in [6.45, 7) is 1.59. The van der Waals surface area contributed by atoms with Crippen LogP contribution in [0.2, 0.25) is 0 Å². The van der Waals surface area contributed by atoms with Gasteiger partial charge in [-0.25, -0.2) is 0 Å². The van der Waals surface area contributed by atoms with E-state index >= 15 is 0 Å². The number of ether oxygens (including phenoxy) is 1. The number of Topliss-reactive ketones (excluding diaryl/α,β-unsaturated/α-hetero) is 1. The maximum Gasteiger partial charge on any atom is 0.303 e. The van der Waals surface area contributed by atoms with Crippen LogP contribution < -0.4 is 4.74 Å². The van der Waals surface area contributed by atoms with E-state index in [1.54, 1.807) is 19.1 Å². The maximum atomic E-state index is 13.6. The molecule has 0 aromatic heterocycles. The standard InChI is InChI=1S/C28H27NO8/c1-13-11-19(31)23-17(26(13)34)12-16-14(24(23)25-18(30)5-3-6-20(25)37-2)8-9-15-22(16)28(36)29(27(15)35)10-4-7-21(32)33/h3,5-6,8,11,15-16,22,24,30H,4,7,9-10,12H2,1-2H3,(H,32,33). The van der Waals surface area contributed by atoms with Gasteiger partial charge < -0.3 is 14.9 Å². The van der Waals surface area contributed by atoms with E-state index in [9.17, 15) is 29.1 Å². The fourth-order valence-corrected chi connectivity index (χ4v) is 6.39. The van der Waals surface area contributed by atoms with Gasteiger partial charge in [0.15, 0.2) is 11.6 Å². The van der Waals surface area contributed by atoms with Gasteiger partial charge >= 0.3 is 5.97 Å². The highest BCUT2D eigenvalue weighted by molar-refractivity contribution is 6.23. The number of phenolic OH excluding ortho intramolecular Hbond substituents is 1. The monoisotopic (exact) mass is 505 g/mol. The van der Waals surface area contributed by atoms with Gasteiger partial charge in [-0.3, -0.25) is 28.9 Å². The van der Waals surface area contributed by atoms with Crippen molar-refractivity contribution in [2.24, 2.45) is 17.8 Å². The molecule has 37 heavy (non-hydrogen) atoms. The molecule has 9 heteroatoms. The maximum absolute atomic E-state index is 13.6. The number of carbonyl (C=O) groups excluding carboxylic acids is 4. The van der Waals surface area contributed by atoms with Gasteiger partial charge in [0.1, 0.15) is 11.5 Å². The number of fused-ring (bicyclic) bond motifs is 3. The van der Waals surface area contributed by atoms with Gasteiger partial charge in [-0.2, -0.15) is 0 Å². The predicted molar refractivity (Wildman–Crippen MR) is 130 cm³/mol. The zero-order chi connectivity index (χ0) is 26.6. The average Bonchev–Trinajstić information content (AvgIpc) is 3.11. The van der Waals surface area contributed by atoms with Crippen LogP contribution in [0.5, 0.6) is 11.5 Å². The van der Waals surface area contributed by atoms with Crippen molar-refractivity contribution in [3.05, 3.63) is 58.2 Å². The van der Waals surface area contributed by atoms with Crippen molar-refractivity contribution in [1.82, 2.24) is 4.90 Å². The highest BCUT2D eigenvalue weighted by atomic mass is 16.5. The van der Waals surface area contributed by atoms with Crippen LogP contribution in [0.3, 0.4) is 0 Å². The number of rotatable bonds is 6. The Bertz CT molecular complexity index is 1350. The average molecular weight is 506 g/mol. The molecule has 0 bridgehead atoms. The van der Waals surface area contributed by atoms with Gasteiger partial charge in [0, 0.05) is 41.2 Å². The molecule has 1 aromatic carbocycles. The Hall–Kier alpha value is -4.01. The number of benzene rings is 1. The molecule has 4 atom stereocenters. The zero-order valence-corrected chi connectivity index (χ0v) is 20.5. The molecular weight excluding hydrogens is 478 g/mol. The van der Waals surface area contributed by atoms with E-state index < -0.39 is 29.6 Å². The van der Waals surface area contributed by atoms with Crippen LogP contribution in [0, 0.1) is 17.8 Å². The first-order chi connectivity index (χ1) is 17.6. The number of likely N-dealkylation sites (tertiary alicyclic amines) is 1. The van der Waals surface area contributed by atoms with Gasteiger partial charge in [0.05, 0.1) is 18.9 Å². The van der Waals surface area contributed by atoms with Crippen LogP contribution in [0.4, 0.5) is 0 Å². The quantitative estimate of drug-likeness (QED) is 0.342. The Labute approximate surface area is 213 Å². The Morgan fingerprint density at radius 3 is 2.59 bits per heavy atom. The van der Waals surface area contributed by atoms with Gasteiger partial charge in [-0.15, -0.1) is 0 Å². The number of aliphatic carboxylic acids is 1. The molecule has 2 N–H and O–H groups in total. The summed E-state index contributed by atoms with van der Waals surface area (Å²) in [5.41, 5.74) is 1.92. The normalized spacial score (nSPS) is 26.9. The van der Waals surface area contributed by atoms with Crippen molar-refractivity contribution in [3.8, 4) is 11.5 Å². The number of hydrogen-bond donors (Lipinski definition) is 2. The molecular formula is C28H27NO8. The first-order valence-electron chi connectivity index (χ1n) is 12.3. The van der Waals surface area contributed by atoms with Gasteiger partial charge in [-0.05, 0) is 50.3 Å². The minimum absolute atomic E-state index is 0.0168. The number of methoxy groups -OCH3 is 1. The number of aromatic hydroxyl groups is 1. The van der Waals surface area contributed by atoms with Crippen molar-refractivity contribution < 1.29 is 38.9 Å². The molecule has 192 valence electrons. The van der Waals surface area contributed by atoms with Crippen LogP contribution >= 0.6 is 0 Å². The van der Waals surface area contributed by atoms with Crippen LogP contribution in [-0.4, -0.2) is 58.1 Å². The highest BCUT2D eigenvalue weighted by Gasteiger charge is 2.56. The summed E-state index contributed by atoms with van der Waals surface area (Å²) in [5, 5.41) is 19.9. The van der Waals surface area contributed by atoms with Crippen LogP contribution in [0.15, 0.2) is 52.6 Å². The van der Waals surface area contributed by atoms with E-state index in [1.165, 1.54) is 19.3 Å². The minimum Gasteiger partial charge on any atom is -0.507 e. The summed E-state index contributed by atoms with van der Waals surface area (Å²) < 4.78 is 5.53. The Morgan fingerprint density at radius 2 is 1.89 bits per heavy atom. The van der Waals surface area contributed by atoms with Crippen LogP contribution in [0.1, 0.15) is 44.1 Å². The van der Waals surface area contributed by atoms with Crippen molar-refractivity contribution in [3.63, 3.8) is 0 Å². The number of carboxylic acid groups (broad SMARTS) is 1. The lowest BCUT2D eigenvalue weighted by molar-refractivity contribution is -0.142. The van der Waals surface area contributed by atoms with Crippen molar-refractivity contribution in [1.29, 1.82) is 0 Å². The minimum atomic E-state index is -1.00. The molecule has 1 aromatic rings. The molecule has 0 spiro atoms. The molecule has 1 aliphatic heterocycles. The molecule has 0 radical (unpaired) electrons. The molecule has 1 saturated heterocycles. The largest absolute Gasteiger partial charge is 0.507 e. The summed E-state index contributed by atoms with van der Waals surface area (Å²) in [6.07, 6.45) is 3.56. The summed E-state index contributed by atoms with van der Waals surface area (Å²) in [5.74, 6) is -4.79. The molecule has 5 rings (SSSR count). The van der Waals surface area contributed by atoms with E-state index in [0.717, 1.165) is 4.90 Å². The van der Waals surface area contributed by atoms with Gasteiger partial charge in [0.2, 0.25) is 11.8 Å². The van der Waals surface area contributed by atoms with E-state index in [2.05, 4.69) is 0 Å². The van der Waals surface area contributed by atoms with E-state index in [4.69, 9.17) is 9.84 Å². The molecule has 1 fully saturated rings. The number of imide groups is 1. The number of nitrogens with zero attached hydrogens (tertiary/aromatic N) is 1. The smallest absolute Gasteiger partial charge is 0.303 e. The number of carbonyl (C=O) groups is 5. The molecule has 1 heterocycles. The van der Waals surface area contributed by atoms with Crippen molar-refractivity contribution in [2.45, 2.75) is 38.5 Å². The third-order valence-electron chi connectivity index (χ3n) is 7.98. The topological polar surface area (TPSA) is 138 Å². The first-order valence-corrected chi connectivity index (χ1v) is 12.3. The number of hydrogen-bond acceptors (Lipinski definition) is 7. The molecule has 4 aliphatic rings. The lowest BCUT2D eigenvalue weighted by Crippen LogP contribution is -2.40. The second kappa shape index (κ2) is 9.14. The first kappa shape index (κ1) is 24.7. The Balaban J connectivity index is 1.62. The Morgan fingerprint density at radius 1 is 1.14 bits per heavy atom. The van der Waals surface area contributed by atoms with Gasteiger partial charge in [0.25, 0.3) is 0 Å². The fourth-order valence-electron chi connectivity index (χ4n) is 6.39. The van der Waals surface area contributed by atoms with Crippen LogP contribution in [0.25, 0.3) is 0 Å². The van der Waals surface area contributed by atoms with Gasteiger partial charge in [-0.1, -0.05) is 17.7 Å². The van der Waals surface area contributed by atoms with Crippen molar-refractivity contribution >= 4 is 29.4 Å². The third-order valence-corrected chi connectivity index (χ3v) is 7.98. The number of carboxylic acids is 1. The lowest BCUT2D eigenvalue weighted by atomic mass is 9.59. The predicted octanol–water partition coefficient (Wildman–Crippen LogP) is 2.70. The second-order valence-corrected chi connectivity index (χ2v) is 9.95. The van der Waals surface area contributed by atoms with E-state index in [0.29, 0.717) is 28.0 Å². The van der Waals surface area contributed by atoms with E-state index in [-0.39, 0.29) is 66.9 Å². The second-order valence-electron chi connectivity index (χ2n) is 9.95. The number of allylic oxidation sites excluding steroid dienone is 6. The fraction of sp³-hybridized carbons (Fsp3) is 0.393. The summed E-state index contributed by atoms with van der Waals surface area (Å²) in [7, 11) is 1.45. The molecule has 4 unspecified atom stereocenters. The number of ketones is 2. The lowest BCUT2D eigenvalue weighted by Gasteiger charge is -2.42. The third kappa shape index (κ3) is 3.80.